The largest absolute Gasteiger partial charge is 0.497 e. The molecule has 0 bridgehead atoms. The van der Waals surface area contributed by atoms with E-state index < -0.39 is 11.8 Å². The number of hydrogen-bond donors (Lipinski definition) is 1. The number of benzene rings is 2. The standard InChI is InChI=1S/C20H19ClN2O4/c1-11-6-5-7-15(12(11)2)23-19(24)17(21)18(20(23)25)22-14-10-13(26-3)8-9-16(14)27-4/h5-10,22H,1-4H3. The maximum atomic E-state index is 13.0. The zero-order valence-corrected chi connectivity index (χ0v) is 16.2. The number of carbonyl (C=O) groups excluding carboxylic acids is 2. The Kier molecular flexibility index (Phi) is 5.10. The number of amides is 2. The Balaban J connectivity index is 2.00. The Morgan fingerprint density at radius 3 is 2.41 bits per heavy atom. The number of nitrogens with one attached hydrogen (secondary N) is 1. The first-order chi connectivity index (χ1) is 12.9. The third-order valence-electron chi connectivity index (χ3n) is 4.51. The van der Waals surface area contributed by atoms with Crippen molar-refractivity contribution in [3.63, 3.8) is 0 Å². The van der Waals surface area contributed by atoms with Crippen molar-refractivity contribution in [3.8, 4) is 11.5 Å². The highest BCUT2D eigenvalue weighted by molar-refractivity contribution is 6.53. The molecule has 3 rings (SSSR count). The van der Waals surface area contributed by atoms with Crippen molar-refractivity contribution < 1.29 is 19.1 Å². The van der Waals surface area contributed by atoms with Crippen LogP contribution >= 0.6 is 11.6 Å². The maximum absolute atomic E-state index is 13.0. The van der Waals surface area contributed by atoms with Gasteiger partial charge >= 0.3 is 0 Å². The third kappa shape index (κ3) is 3.24. The summed E-state index contributed by atoms with van der Waals surface area (Å²) >= 11 is 6.21. The third-order valence-corrected chi connectivity index (χ3v) is 4.86. The summed E-state index contributed by atoms with van der Waals surface area (Å²) in [6.07, 6.45) is 0. The average Bonchev–Trinajstić information content (AvgIpc) is 2.87. The molecule has 0 fully saturated rings. The Hall–Kier alpha value is -2.99. The Morgan fingerprint density at radius 2 is 1.74 bits per heavy atom. The van der Waals surface area contributed by atoms with E-state index in [9.17, 15) is 9.59 Å². The fourth-order valence-electron chi connectivity index (χ4n) is 2.85. The summed E-state index contributed by atoms with van der Waals surface area (Å²) in [7, 11) is 3.04. The number of anilines is 2. The Labute approximate surface area is 162 Å². The van der Waals surface area contributed by atoms with Gasteiger partial charge in [0, 0.05) is 6.07 Å². The van der Waals surface area contributed by atoms with Gasteiger partial charge in [-0.3, -0.25) is 9.59 Å². The molecule has 0 spiro atoms. The molecule has 7 heteroatoms. The molecule has 1 N–H and O–H groups in total. The van der Waals surface area contributed by atoms with Gasteiger partial charge in [-0.15, -0.1) is 0 Å². The number of carbonyl (C=O) groups is 2. The highest BCUT2D eigenvalue weighted by Gasteiger charge is 2.39. The summed E-state index contributed by atoms with van der Waals surface area (Å²) in [5.41, 5.74) is 2.78. The van der Waals surface area contributed by atoms with E-state index in [0.29, 0.717) is 22.9 Å². The van der Waals surface area contributed by atoms with Crippen molar-refractivity contribution in [2.75, 3.05) is 24.4 Å². The van der Waals surface area contributed by atoms with Crippen LogP contribution in [0.4, 0.5) is 11.4 Å². The number of methoxy groups -OCH3 is 2. The summed E-state index contributed by atoms with van der Waals surface area (Å²) < 4.78 is 10.5. The Morgan fingerprint density at radius 1 is 1.00 bits per heavy atom. The van der Waals surface area contributed by atoms with Gasteiger partial charge < -0.3 is 14.8 Å². The van der Waals surface area contributed by atoms with E-state index in [2.05, 4.69) is 5.32 Å². The predicted molar refractivity (Wildman–Crippen MR) is 104 cm³/mol. The lowest BCUT2D eigenvalue weighted by molar-refractivity contribution is -0.120. The minimum Gasteiger partial charge on any atom is -0.497 e. The van der Waals surface area contributed by atoms with Gasteiger partial charge in [0.15, 0.2) is 0 Å². The zero-order valence-electron chi connectivity index (χ0n) is 15.4. The summed E-state index contributed by atoms with van der Waals surface area (Å²) in [6.45, 7) is 3.77. The van der Waals surface area contributed by atoms with E-state index in [1.165, 1.54) is 14.2 Å². The summed E-state index contributed by atoms with van der Waals surface area (Å²) in [4.78, 5) is 26.7. The second-order valence-electron chi connectivity index (χ2n) is 6.04. The second-order valence-corrected chi connectivity index (χ2v) is 6.42. The molecule has 1 heterocycles. The molecular weight excluding hydrogens is 368 g/mol. The molecule has 27 heavy (non-hydrogen) atoms. The number of nitrogens with zero attached hydrogens (tertiary/aromatic N) is 1. The molecule has 1 aliphatic heterocycles. The van der Waals surface area contributed by atoms with Crippen molar-refractivity contribution >= 4 is 34.8 Å². The molecule has 0 atom stereocenters. The SMILES string of the molecule is COc1ccc(OC)c(NC2=C(Cl)C(=O)N(c3cccc(C)c3C)C2=O)c1. The van der Waals surface area contributed by atoms with E-state index in [4.69, 9.17) is 21.1 Å². The molecule has 2 aromatic carbocycles. The lowest BCUT2D eigenvalue weighted by atomic mass is 10.1. The van der Waals surface area contributed by atoms with Gasteiger partial charge in [-0.05, 0) is 43.2 Å². The zero-order chi connectivity index (χ0) is 19.7. The second kappa shape index (κ2) is 7.32. The molecule has 2 amide bonds. The van der Waals surface area contributed by atoms with E-state index in [1.807, 2.05) is 19.9 Å². The van der Waals surface area contributed by atoms with Crippen molar-refractivity contribution in [1.29, 1.82) is 0 Å². The molecule has 0 aliphatic carbocycles. The fourth-order valence-corrected chi connectivity index (χ4v) is 3.07. The minimum atomic E-state index is -0.570. The van der Waals surface area contributed by atoms with Gasteiger partial charge in [-0.2, -0.15) is 0 Å². The van der Waals surface area contributed by atoms with Crippen LogP contribution in [0, 0.1) is 13.8 Å². The van der Waals surface area contributed by atoms with Crippen LogP contribution in [0.15, 0.2) is 47.1 Å². The minimum absolute atomic E-state index is 0.00544. The van der Waals surface area contributed by atoms with Crippen LogP contribution < -0.4 is 19.7 Å². The predicted octanol–water partition coefficient (Wildman–Crippen LogP) is 3.76. The molecule has 2 aromatic rings. The van der Waals surface area contributed by atoms with Gasteiger partial charge in [0.25, 0.3) is 11.8 Å². The first kappa shape index (κ1) is 18.8. The van der Waals surface area contributed by atoms with Crippen LogP contribution in [0.25, 0.3) is 0 Å². The van der Waals surface area contributed by atoms with Crippen molar-refractivity contribution in [2.45, 2.75) is 13.8 Å². The van der Waals surface area contributed by atoms with Crippen LogP contribution in [0.2, 0.25) is 0 Å². The first-order valence-corrected chi connectivity index (χ1v) is 8.60. The normalized spacial score (nSPS) is 14.0. The molecular formula is C20H19ClN2O4. The number of halogens is 1. The van der Waals surface area contributed by atoms with E-state index >= 15 is 0 Å². The topological polar surface area (TPSA) is 67.9 Å². The van der Waals surface area contributed by atoms with Gasteiger partial charge in [0.05, 0.1) is 25.6 Å². The van der Waals surface area contributed by atoms with Crippen LogP contribution in [0.3, 0.4) is 0 Å². The lowest BCUT2D eigenvalue weighted by Crippen LogP contribution is -2.33. The summed E-state index contributed by atoms with van der Waals surface area (Å²) in [5, 5.41) is 2.75. The highest BCUT2D eigenvalue weighted by Crippen LogP contribution is 2.35. The highest BCUT2D eigenvalue weighted by atomic mass is 35.5. The molecule has 0 aromatic heterocycles. The molecule has 0 unspecified atom stereocenters. The van der Waals surface area contributed by atoms with Gasteiger partial charge in [0.1, 0.15) is 22.2 Å². The molecule has 0 radical (unpaired) electrons. The van der Waals surface area contributed by atoms with Crippen molar-refractivity contribution in [3.05, 3.63) is 58.3 Å². The molecule has 1 aliphatic rings. The van der Waals surface area contributed by atoms with Crippen LogP contribution in [-0.4, -0.2) is 26.0 Å². The van der Waals surface area contributed by atoms with Crippen LogP contribution in [0.5, 0.6) is 11.5 Å². The van der Waals surface area contributed by atoms with Crippen molar-refractivity contribution in [1.82, 2.24) is 0 Å². The summed E-state index contributed by atoms with van der Waals surface area (Å²) in [6, 6.07) is 10.5. The van der Waals surface area contributed by atoms with Crippen molar-refractivity contribution in [2.24, 2.45) is 0 Å². The quantitative estimate of drug-likeness (QED) is 0.792. The van der Waals surface area contributed by atoms with Gasteiger partial charge in [-0.25, -0.2) is 4.90 Å². The van der Waals surface area contributed by atoms with E-state index in [-0.39, 0.29) is 10.7 Å². The maximum Gasteiger partial charge on any atom is 0.283 e. The van der Waals surface area contributed by atoms with Crippen LogP contribution in [-0.2, 0) is 9.59 Å². The fraction of sp³-hybridized carbons (Fsp3) is 0.200. The monoisotopic (exact) mass is 386 g/mol. The number of imide groups is 1. The molecule has 6 nitrogen and oxygen atoms in total. The number of aryl methyl sites for hydroxylation is 1. The van der Waals surface area contributed by atoms with Gasteiger partial charge in [-0.1, -0.05) is 23.7 Å². The summed E-state index contributed by atoms with van der Waals surface area (Å²) in [5.74, 6) is -0.0420. The smallest absolute Gasteiger partial charge is 0.283 e. The number of ether oxygens (including phenoxy) is 2. The average molecular weight is 387 g/mol. The van der Waals surface area contributed by atoms with E-state index in [0.717, 1.165) is 16.0 Å². The first-order valence-electron chi connectivity index (χ1n) is 8.22. The molecule has 140 valence electrons. The number of hydrogen-bond acceptors (Lipinski definition) is 5. The van der Waals surface area contributed by atoms with Gasteiger partial charge in [0.2, 0.25) is 0 Å². The number of rotatable bonds is 5. The molecule has 0 saturated carbocycles. The van der Waals surface area contributed by atoms with E-state index in [1.54, 1.807) is 30.3 Å². The lowest BCUT2D eigenvalue weighted by Gasteiger charge is -2.19. The molecule has 0 saturated heterocycles. The Bertz CT molecular complexity index is 968. The van der Waals surface area contributed by atoms with Crippen LogP contribution in [0.1, 0.15) is 11.1 Å².